The number of hydrogen-bond acceptors (Lipinski definition) is 2. The molecule has 0 radical (unpaired) electrons. The molecule has 0 saturated carbocycles. The minimum absolute atomic E-state index is 0.0438. The van der Waals surface area contributed by atoms with Gasteiger partial charge in [0.05, 0.1) is 11.4 Å². The van der Waals surface area contributed by atoms with E-state index in [1.807, 2.05) is 0 Å². The van der Waals surface area contributed by atoms with E-state index < -0.39 is 0 Å². The maximum Gasteiger partial charge on any atom is 0.0720 e. The highest BCUT2D eigenvalue weighted by Gasteiger charge is 2.18. The van der Waals surface area contributed by atoms with E-state index in [1.54, 1.807) is 0 Å². The summed E-state index contributed by atoms with van der Waals surface area (Å²) >= 11 is 4.82. The summed E-state index contributed by atoms with van der Waals surface area (Å²) < 4.78 is 0. The summed E-state index contributed by atoms with van der Waals surface area (Å²) in [5, 5.41) is 0. The second-order valence-electron chi connectivity index (χ2n) is 14.8. The molecule has 0 aliphatic rings. The van der Waals surface area contributed by atoms with Crippen LogP contribution in [-0.4, -0.2) is 4.98 Å². The second kappa shape index (κ2) is 11.5. The number of rotatable bonds is 4. The van der Waals surface area contributed by atoms with Gasteiger partial charge in [-0.2, -0.15) is 0 Å². The van der Waals surface area contributed by atoms with Crippen LogP contribution in [0.4, 0.5) is 0 Å². The highest BCUT2D eigenvalue weighted by atomic mass is 32.1. The van der Waals surface area contributed by atoms with Crippen molar-refractivity contribution in [2.75, 3.05) is 0 Å². The molecule has 1 aromatic heterocycles. The molecule has 43 heavy (non-hydrogen) atoms. The fourth-order valence-electron chi connectivity index (χ4n) is 5.39. The highest BCUT2D eigenvalue weighted by molar-refractivity contribution is 7.80. The number of nitrogens with zero attached hydrogens (tertiary/aromatic N) is 1. The fraction of sp³-hybridized carbons (Fsp3) is 0.293. The van der Waals surface area contributed by atoms with E-state index in [2.05, 4.69) is 165 Å². The number of aromatic nitrogens is 1. The van der Waals surface area contributed by atoms with Crippen LogP contribution in [0.15, 0.2) is 108 Å². The fourth-order valence-corrected chi connectivity index (χ4v) is 5.64. The molecular formula is C41H45NS. The van der Waals surface area contributed by atoms with E-state index in [0.29, 0.717) is 0 Å². The van der Waals surface area contributed by atoms with Crippen molar-refractivity contribution in [2.24, 2.45) is 0 Å². The molecular weight excluding hydrogens is 539 g/mol. The SMILES string of the molecule is CC(C)(C)c1ccc(-c2cc(-c3ccc(C(C)(C)C)cc3)cc(-c3cccc(-c4cc(C(C)(C)C)ccc4S)n3)c2)cc1. The minimum atomic E-state index is 0.0438. The van der Waals surface area contributed by atoms with Crippen molar-refractivity contribution < 1.29 is 0 Å². The Balaban J connectivity index is 1.64. The zero-order valence-corrected chi connectivity index (χ0v) is 28.1. The van der Waals surface area contributed by atoms with Gasteiger partial charge in [0.1, 0.15) is 0 Å². The van der Waals surface area contributed by atoms with Gasteiger partial charge in [-0.05, 0) is 97.7 Å². The molecule has 220 valence electrons. The van der Waals surface area contributed by atoms with E-state index in [0.717, 1.165) is 27.4 Å². The zero-order valence-electron chi connectivity index (χ0n) is 27.2. The van der Waals surface area contributed by atoms with Gasteiger partial charge in [0, 0.05) is 16.0 Å². The van der Waals surface area contributed by atoms with Crippen LogP contribution in [0.5, 0.6) is 0 Å². The average molecular weight is 584 g/mol. The van der Waals surface area contributed by atoms with E-state index >= 15 is 0 Å². The molecule has 0 spiro atoms. The van der Waals surface area contributed by atoms with Gasteiger partial charge in [-0.15, -0.1) is 12.6 Å². The molecule has 1 heterocycles. The standard InChI is InChI=1S/C41H45NS/c1-39(2,3)32-17-13-27(14-18-32)29-23-30(28-15-19-33(20-16-28)40(4,5)6)25-31(24-29)36-11-10-12-37(42-36)35-26-34(41(7,8)9)21-22-38(35)43/h10-26,43H,1-9H3. The van der Waals surface area contributed by atoms with E-state index in [9.17, 15) is 0 Å². The van der Waals surface area contributed by atoms with Gasteiger partial charge in [0.2, 0.25) is 0 Å². The first-order valence-electron chi connectivity index (χ1n) is 15.3. The Kier molecular flexibility index (Phi) is 8.22. The summed E-state index contributed by atoms with van der Waals surface area (Å²) in [7, 11) is 0. The molecule has 0 N–H and O–H groups in total. The molecule has 0 atom stereocenters. The van der Waals surface area contributed by atoms with Gasteiger partial charge >= 0.3 is 0 Å². The summed E-state index contributed by atoms with van der Waals surface area (Å²) in [4.78, 5) is 6.15. The van der Waals surface area contributed by atoms with E-state index in [1.165, 1.54) is 38.9 Å². The van der Waals surface area contributed by atoms with Crippen molar-refractivity contribution in [1.29, 1.82) is 0 Å². The zero-order chi connectivity index (χ0) is 31.2. The van der Waals surface area contributed by atoms with E-state index in [-0.39, 0.29) is 16.2 Å². The first-order chi connectivity index (χ1) is 20.1. The smallest absolute Gasteiger partial charge is 0.0720 e. The summed E-state index contributed by atoms with van der Waals surface area (Å²) in [5.74, 6) is 0. The van der Waals surface area contributed by atoms with Crippen LogP contribution in [0.3, 0.4) is 0 Å². The van der Waals surface area contributed by atoms with Gasteiger partial charge in [-0.1, -0.05) is 123 Å². The third-order valence-corrected chi connectivity index (χ3v) is 8.67. The van der Waals surface area contributed by atoms with Gasteiger partial charge in [-0.25, -0.2) is 4.98 Å². The lowest BCUT2D eigenvalue weighted by atomic mass is 9.85. The normalized spacial score (nSPS) is 12.4. The van der Waals surface area contributed by atoms with Crippen molar-refractivity contribution in [3.05, 3.63) is 120 Å². The molecule has 0 aliphatic carbocycles. The predicted molar refractivity (Wildman–Crippen MR) is 189 cm³/mol. The lowest BCUT2D eigenvalue weighted by molar-refractivity contribution is 0.590. The number of thiol groups is 1. The molecule has 0 bridgehead atoms. The molecule has 5 rings (SSSR count). The molecule has 0 amide bonds. The van der Waals surface area contributed by atoms with Crippen LogP contribution in [0.25, 0.3) is 44.8 Å². The maximum absolute atomic E-state index is 5.21. The van der Waals surface area contributed by atoms with Gasteiger partial charge in [0.25, 0.3) is 0 Å². The highest BCUT2D eigenvalue weighted by Crippen LogP contribution is 2.36. The number of pyridine rings is 1. The third kappa shape index (κ3) is 6.97. The molecule has 5 aromatic rings. The van der Waals surface area contributed by atoms with Crippen LogP contribution in [0, 0.1) is 0 Å². The average Bonchev–Trinajstić information content (AvgIpc) is 2.96. The Bertz CT molecular complexity index is 1660. The van der Waals surface area contributed by atoms with Crippen LogP contribution in [-0.2, 0) is 16.2 Å². The molecule has 4 aromatic carbocycles. The van der Waals surface area contributed by atoms with Crippen LogP contribution in [0.1, 0.15) is 79.0 Å². The van der Waals surface area contributed by atoms with Crippen molar-refractivity contribution in [1.82, 2.24) is 4.98 Å². The Morgan fingerprint density at radius 2 is 0.837 bits per heavy atom. The maximum atomic E-state index is 5.21. The Morgan fingerprint density at radius 1 is 0.419 bits per heavy atom. The predicted octanol–water partition coefficient (Wildman–Crippen LogP) is 11.9. The van der Waals surface area contributed by atoms with Crippen molar-refractivity contribution in [3.8, 4) is 44.8 Å². The topological polar surface area (TPSA) is 12.9 Å². The van der Waals surface area contributed by atoms with Gasteiger partial charge < -0.3 is 0 Å². The van der Waals surface area contributed by atoms with Crippen molar-refractivity contribution in [3.63, 3.8) is 0 Å². The van der Waals surface area contributed by atoms with Crippen molar-refractivity contribution in [2.45, 2.75) is 83.5 Å². The van der Waals surface area contributed by atoms with E-state index in [4.69, 9.17) is 17.6 Å². The summed E-state index contributed by atoms with van der Waals surface area (Å²) in [6, 6.07) is 37.7. The molecule has 0 aliphatic heterocycles. The first kappa shape index (κ1) is 30.8. The second-order valence-corrected chi connectivity index (χ2v) is 15.3. The summed E-state index contributed by atoms with van der Waals surface area (Å²) in [6.45, 7) is 20.3. The van der Waals surface area contributed by atoms with Gasteiger partial charge in [-0.3, -0.25) is 0 Å². The third-order valence-electron chi connectivity index (χ3n) is 8.28. The molecule has 2 heteroatoms. The Labute approximate surface area is 264 Å². The molecule has 0 saturated heterocycles. The Hall–Kier alpha value is -3.62. The van der Waals surface area contributed by atoms with Crippen LogP contribution < -0.4 is 0 Å². The lowest BCUT2D eigenvalue weighted by Crippen LogP contribution is -2.11. The molecule has 0 fully saturated rings. The minimum Gasteiger partial charge on any atom is -0.248 e. The first-order valence-corrected chi connectivity index (χ1v) is 15.7. The molecule has 1 nitrogen and oxygen atoms in total. The number of benzene rings is 4. The Morgan fingerprint density at radius 3 is 1.30 bits per heavy atom. The quantitative estimate of drug-likeness (QED) is 0.208. The van der Waals surface area contributed by atoms with Crippen LogP contribution >= 0.6 is 12.6 Å². The largest absolute Gasteiger partial charge is 0.248 e. The summed E-state index contributed by atoms with van der Waals surface area (Å²) in [5.41, 5.74) is 13.0. The molecule has 0 unspecified atom stereocenters. The van der Waals surface area contributed by atoms with Crippen LogP contribution in [0.2, 0.25) is 0 Å². The van der Waals surface area contributed by atoms with Gasteiger partial charge in [0.15, 0.2) is 0 Å². The van der Waals surface area contributed by atoms with Crippen molar-refractivity contribution >= 4 is 12.6 Å². The summed E-state index contributed by atoms with van der Waals surface area (Å²) in [6.07, 6.45) is 0. The lowest BCUT2D eigenvalue weighted by Gasteiger charge is -2.21. The number of hydrogen-bond donors (Lipinski definition) is 1. The monoisotopic (exact) mass is 583 g/mol.